The van der Waals surface area contributed by atoms with E-state index in [1.807, 2.05) is 12.1 Å². The minimum atomic E-state index is 0.152. The van der Waals surface area contributed by atoms with Gasteiger partial charge >= 0.3 is 0 Å². The van der Waals surface area contributed by atoms with Crippen molar-refractivity contribution < 1.29 is 9.21 Å². The molecule has 0 spiro atoms. The van der Waals surface area contributed by atoms with Crippen molar-refractivity contribution in [3.63, 3.8) is 0 Å². The van der Waals surface area contributed by atoms with Crippen LogP contribution in [0.5, 0.6) is 0 Å². The maximum absolute atomic E-state index is 12.4. The average molecular weight is 246 g/mol. The van der Waals surface area contributed by atoms with Crippen LogP contribution in [-0.2, 0) is 11.3 Å². The molecule has 1 aliphatic carbocycles. The van der Waals surface area contributed by atoms with Crippen LogP contribution in [0.4, 0.5) is 0 Å². The van der Waals surface area contributed by atoms with Gasteiger partial charge in [0, 0.05) is 12.5 Å². The molecule has 4 nitrogen and oxygen atoms in total. The molecule has 96 valence electrons. The Bertz CT molecular complexity index is 414. The van der Waals surface area contributed by atoms with Crippen LogP contribution in [0.1, 0.15) is 37.9 Å². The first-order valence-corrected chi connectivity index (χ1v) is 6.49. The minimum Gasteiger partial charge on any atom is -0.467 e. The van der Waals surface area contributed by atoms with Crippen LogP contribution in [0.2, 0.25) is 0 Å². The van der Waals surface area contributed by atoms with Gasteiger partial charge in [-0.3, -0.25) is 4.79 Å². The van der Waals surface area contributed by atoms with Gasteiger partial charge in [0.1, 0.15) is 5.76 Å². The first kappa shape index (κ1) is 12.7. The molecule has 0 atom stereocenters. The molecule has 1 aromatic rings. The van der Waals surface area contributed by atoms with Gasteiger partial charge in [0.2, 0.25) is 5.91 Å². The zero-order valence-corrected chi connectivity index (χ0v) is 10.5. The second kappa shape index (κ2) is 6.25. The fraction of sp³-hybridized carbons (Fsp3) is 0.571. The molecular formula is C14H18N2O2. The Hall–Kier alpha value is -1.76. The number of rotatable bonds is 5. The van der Waals surface area contributed by atoms with Crippen molar-refractivity contribution in [2.75, 3.05) is 6.54 Å². The van der Waals surface area contributed by atoms with Gasteiger partial charge in [0.05, 0.1) is 25.3 Å². The quantitative estimate of drug-likeness (QED) is 0.802. The van der Waals surface area contributed by atoms with Crippen LogP contribution in [0.3, 0.4) is 0 Å². The van der Waals surface area contributed by atoms with E-state index in [0.29, 0.717) is 19.5 Å². The van der Waals surface area contributed by atoms with E-state index in [9.17, 15) is 4.79 Å². The van der Waals surface area contributed by atoms with Gasteiger partial charge in [-0.25, -0.2) is 0 Å². The minimum absolute atomic E-state index is 0.152. The van der Waals surface area contributed by atoms with Gasteiger partial charge < -0.3 is 9.32 Å². The first-order valence-electron chi connectivity index (χ1n) is 6.49. The number of carbonyl (C=O) groups excluding carboxylic acids is 1. The fourth-order valence-corrected chi connectivity index (χ4v) is 2.47. The average Bonchev–Trinajstić information content (AvgIpc) is 3.06. The fourth-order valence-electron chi connectivity index (χ4n) is 2.47. The molecule has 0 bridgehead atoms. The van der Waals surface area contributed by atoms with Gasteiger partial charge in [-0.15, -0.1) is 0 Å². The number of amides is 1. The molecule has 1 aliphatic rings. The van der Waals surface area contributed by atoms with Crippen molar-refractivity contribution in [1.29, 1.82) is 5.26 Å². The topological polar surface area (TPSA) is 57.2 Å². The van der Waals surface area contributed by atoms with E-state index in [1.165, 1.54) is 0 Å². The molecular weight excluding hydrogens is 228 g/mol. The highest BCUT2D eigenvalue weighted by Gasteiger charge is 2.27. The molecule has 1 fully saturated rings. The highest BCUT2D eigenvalue weighted by atomic mass is 16.3. The normalized spacial score (nSPS) is 15.5. The molecule has 0 radical (unpaired) electrons. The van der Waals surface area contributed by atoms with Crippen LogP contribution in [0.25, 0.3) is 0 Å². The summed E-state index contributed by atoms with van der Waals surface area (Å²) >= 11 is 0. The molecule has 0 N–H and O–H groups in total. The lowest BCUT2D eigenvalue weighted by molar-refractivity contribution is -0.136. The zero-order chi connectivity index (χ0) is 12.8. The van der Waals surface area contributed by atoms with E-state index in [4.69, 9.17) is 9.68 Å². The van der Waals surface area contributed by atoms with Crippen molar-refractivity contribution in [3.05, 3.63) is 24.2 Å². The van der Waals surface area contributed by atoms with Crippen LogP contribution in [0, 0.1) is 17.2 Å². The Morgan fingerprint density at radius 2 is 2.28 bits per heavy atom. The van der Waals surface area contributed by atoms with Gasteiger partial charge in [-0.1, -0.05) is 12.8 Å². The van der Waals surface area contributed by atoms with Gasteiger partial charge in [0.25, 0.3) is 0 Å². The molecule has 0 aromatic carbocycles. The van der Waals surface area contributed by atoms with Crippen molar-refractivity contribution in [3.8, 4) is 6.07 Å². The molecule has 0 saturated heterocycles. The van der Waals surface area contributed by atoms with Crippen molar-refractivity contribution in [2.24, 2.45) is 5.92 Å². The summed E-state index contributed by atoms with van der Waals surface area (Å²) < 4.78 is 5.28. The predicted molar refractivity (Wildman–Crippen MR) is 66.3 cm³/mol. The maximum Gasteiger partial charge on any atom is 0.226 e. The molecule has 1 heterocycles. The second-order valence-corrected chi connectivity index (χ2v) is 4.73. The summed E-state index contributed by atoms with van der Waals surface area (Å²) in [6.07, 6.45) is 6.24. The summed E-state index contributed by atoms with van der Waals surface area (Å²) in [6.45, 7) is 0.969. The van der Waals surface area contributed by atoms with E-state index >= 15 is 0 Å². The first-order chi connectivity index (χ1) is 8.81. The number of furan rings is 1. The SMILES string of the molecule is N#CCCN(Cc1ccco1)C(=O)C1CCCC1. The summed E-state index contributed by atoms with van der Waals surface area (Å²) in [5.74, 6) is 1.11. The zero-order valence-electron chi connectivity index (χ0n) is 10.5. The Labute approximate surface area is 107 Å². The Kier molecular flexibility index (Phi) is 4.40. The highest BCUT2D eigenvalue weighted by molar-refractivity contribution is 5.79. The largest absolute Gasteiger partial charge is 0.467 e. The van der Waals surface area contributed by atoms with E-state index in [1.54, 1.807) is 11.2 Å². The molecule has 1 amide bonds. The van der Waals surface area contributed by atoms with Crippen molar-refractivity contribution in [2.45, 2.75) is 38.6 Å². The lowest BCUT2D eigenvalue weighted by Crippen LogP contribution is -2.35. The summed E-state index contributed by atoms with van der Waals surface area (Å²) in [6, 6.07) is 5.78. The standard InChI is InChI=1S/C14H18N2O2/c15-8-4-9-16(11-13-7-3-10-18-13)14(17)12-5-1-2-6-12/h3,7,10,12H,1-2,4-6,9,11H2. The summed E-state index contributed by atoms with van der Waals surface area (Å²) in [5, 5.41) is 8.68. The molecule has 0 unspecified atom stereocenters. The molecule has 18 heavy (non-hydrogen) atoms. The highest BCUT2D eigenvalue weighted by Crippen LogP contribution is 2.27. The number of hydrogen-bond acceptors (Lipinski definition) is 3. The Morgan fingerprint density at radius 3 is 2.89 bits per heavy atom. The van der Waals surface area contributed by atoms with Gasteiger partial charge in [-0.05, 0) is 25.0 Å². The third-order valence-corrected chi connectivity index (χ3v) is 3.44. The second-order valence-electron chi connectivity index (χ2n) is 4.73. The summed E-state index contributed by atoms with van der Waals surface area (Å²) in [5.41, 5.74) is 0. The molecule has 1 saturated carbocycles. The monoisotopic (exact) mass is 246 g/mol. The summed E-state index contributed by atoms with van der Waals surface area (Å²) in [4.78, 5) is 14.1. The van der Waals surface area contributed by atoms with E-state index < -0.39 is 0 Å². The van der Waals surface area contributed by atoms with Gasteiger partial charge in [0.15, 0.2) is 0 Å². The van der Waals surface area contributed by atoms with Crippen LogP contribution in [0.15, 0.2) is 22.8 Å². The number of carbonyl (C=O) groups is 1. The number of hydrogen-bond donors (Lipinski definition) is 0. The summed E-state index contributed by atoms with van der Waals surface area (Å²) in [7, 11) is 0. The molecule has 1 aromatic heterocycles. The van der Waals surface area contributed by atoms with Crippen molar-refractivity contribution >= 4 is 5.91 Å². The van der Waals surface area contributed by atoms with Crippen LogP contribution < -0.4 is 0 Å². The third kappa shape index (κ3) is 3.13. The van der Waals surface area contributed by atoms with Crippen LogP contribution >= 0.6 is 0 Å². The molecule has 4 heteroatoms. The van der Waals surface area contributed by atoms with E-state index in [-0.39, 0.29) is 11.8 Å². The van der Waals surface area contributed by atoms with Gasteiger partial charge in [-0.2, -0.15) is 5.26 Å². The molecule has 2 rings (SSSR count). The Morgan fingerprint density at radius 1 is 1.50 bits per heavy atom. The van der Waals surface area contributed by atoms with E-state index in [0.717, 1.165) is 31.4 Å². The lowest BCUT2D eigenvalue weighted by Gasteiger charge is -2.23. The number of nitriles is 1. The van der Waals surface area contributed by atoms with Crippen LogP contribution in [-0.4, -0.2) is 17.4 Å². The molecule has 0 aliphatic heterocycles. The Balaban J connectivity index is 1.99. The predicted octanol–water partition coefficient (Wildman–Crippen LogP) is 2.71. The van der Waals surface area contributed by atoms with Crippen molar-refractivity contribution in [1.82, 2.24) is 4.90 Å². The third-order valence-electron chi connectivity index (χ3n) is 3.44. The smallest absolute Gasteiger partial charge is 0.226 e. The lowest BCUT2D eigenvalue weighted by atomic mass is 10.1. The maximum atomic E-state index is 12.4. The number of nitrogens with zero attached hydrogens (tertiary/aromatic N) is 2. The van der Waals surface area contributed by atoms with E-state index in [2.05, 4.69) is 6.07 Å².